The number of aromatic nitrogens is 2. The fraction of sp³-hybridized carbons (Fsp3) is 0. The smallest absolute Gasteiger partial charge is 0.321 e. The van der Waals surface area contributed by atoms with Crippen molar-refractivity contribution in [2.45, 2.75) is 4.90 Å². The van der Waals surface area contributed by atoms with Crippen LogP contribution in [0.25, 0.3) is 0 Å². The molecule has 122 valence electrons. The van der Waals surface area contributed by atoms with Crippen molar-refractivity contribution in [3.05, 3.63) is 72.0 Å². The van der Waals surface area contributed by atoms with Crippen LogP contribution in [0.1, 0.15) is 0 Å². The van der Waals surface area contributed by atoms with E-state index >= 15 is 0 Å². The lowest BCUT2D eigenvalue weighted by atomic mass is 10.3. The molecule has 0 aliphatic carbocycles. The monoisotopic (exact) mass is 361 g/mol. The maximum absolute atomic E-state index is 12.3. The molecule has 24 heavy (non-hydrogen) atoms. The Morgan fingerprint density at radius 1 is 0.958 bits per heavy atom. The summed E-state index contributed by atoms with van der Waals surface area (Å²) in [5.41, 5.74) is 0.324. The summed E-state index contributed by atoms with van der Waals surface area (Å²) in [4.78, 5) is 8.03. The van der Waals surface area contributed by atoms with Crippen molar-refractivity contribution in [1.29, 1.82) is 0 Å². The maximum Gasteiger partial charge on any atom is 0.321 e. The molecule has 3 rings (SSSR count). The first kappa shape index (κ1) is 16.2. The molecule has 0 saturated carbocycles. The number of nitrogens with one attached hydrogen (secondary N) is 1. The lowest BCUT2D eigenvalue weighted by molar-refractivity contribution is 0.442. The third-order valence-corrected chi connectivity index (χ3v) is 4.67. The second-order valence-electron chi connectivity index (χ2n) is 4.70. The number of nitrogens with zero attached hydrogens (tertiary/aromatic N) is 2. The van der Waals surface area contributed by atoms with E-state index in [1.54, 1.807) is 48.8 Å². The first-order valence-corrected chi connectivity index (χ1v) is 8.73. The van der Waals surface area contributed by atoms with Crippen molar-refractivity contribution in [2.24, 2.45) is 0 Å². The van der Waals surface area contributed by atoms with Crippen LogP contribution in [-0.2, 0) is 10.0 Å². The zero-order valence-corrected chi connectivity index (χ0v) is 13.8. The fourth-order valence-corrected chi connectivity index (χ4v) is 3.19. The summed E-state index contributed by atoms with van der Waals surface area (Å²) in [6.07, 6.45) is 3.08. The lowest BCUT2D eigenvalue weighted by Gasteiger charge is -2.10. The predicted molar refractivity (Wildman–Crippen MR) is 90.8 cm³/mol. The molecular weight excluding hydrogens is 350 g/mol. The summed E-state index contributed by atoms with van der Waals surface area (Å²) in [5, 5.41) is 0.232. The Hall–Kier alpha value is -2.64. The van der Waals surface area contributed by atoms with Gasteiger partial charge in [0.15, 0.2) is 0 Å². The highest BCUT2D eigenvalue weighted by atomic mass is 35.5. The van der Waals surface area contributed by atoms with Gasteiger partial charge < -0.3 is 4.74 Å². The van der Waals surface area contributed by atoms with E-state index < -0.39 is 10.0 Å². The van der Waals surface area contributed by atoms with Crippen LogP contribution < -0.4 is 9.46 Å². The number of ether oxygens (including phenoxy) is 1. The standard InChI is InChI=1S/C16H12ClN3O3S/c17-14-11-12(20-24(21,22)13-5-2-1-3-6-13)7-8-15(14)23-16-18-9-4-10-19-16/h1-11,20H. The van der Waals surface area contributed by atoms with Gasteiger partial charge in [-0.05, 0) is 36.4 Å². The van der Waals surface area contributed by atoms with Crippen molar-refractivity contribution < 1.29 is 13.2 Å². The Labute approximate surface area is 144 Å². The van der Waals surface area contributed by atoms with Gasteiger partial charge in [-0.15, -0.1) is 0 Å². The first-order chi connectivity index (χ1) is 11.5. The van der Waals surface area contributed by atoms with Gasteiger partial charge in [-0.2, -0.15) is 0 Å². The summed E-state index contributed by atoms with van der Waals surface area (Å²) < 4.78 is 32.5. The Morgan fingerprint density at radius 3 is 2.33 bits per heavy atom. The van der Waals surface area contributed by atoms with E-state index in [9.17, 15) is 8.42 Å². The topological polar surface area (TPSA) is 81.2 Å². The summed E-state index contributed by atoms with van der Waals surface area (Å²) in [6.45, 7) is 0. The van der Waals surface area contributed by atoms with Gasteiger partial charge in [-0.25, -0.2) is 18.4 Å². The molecule has 3 aromatic rings. The molecule has 6 nitrogen and oxygen atoms in total. The van der Waals surface area contributed by atoms with E-state index in [1.165, 1.54) is 18.2 Å². The zero-order chi connectivity index (χ0) is 17.0. The quantitative estimate of drug-likeness (QED) is 0.749. The minimum absolute atomic E-state index is 0.150. The van der Waals surface area contributed by atoms with Crippen LogP contribution in [0, 0.1) is 0 Å². The molecule has 0 aliphatic heterocycles. The molecule has 0 fully saturated rings. The molecule has 1 aromatic heterocycles. The molecule has 8 heteroatoms. The van der Waals surface area contributed by atoms with E-state index in [4.69, 9.17) is 16.3 Å². The Balaban J connectivity index is 1.80. The summed E-state index contributed by atoms with van der Waals surface area (Å²) in [7, 11) is -3.68. The van der Waals surface area contributed by atoms with E-state index in [-0.39, 0.29) is 15.9 Å². The fourth-order valence-electron chi connectivity index (χ4n) is 1.90. The number of anilines is 1. The third-order valence-electron chi connectivity index (χ3n) is 2.98. The minimum atomic E-state index is -3.68. The average Bonchev–Trinajstić information content (AvgIpc) is 2.59. The van der Waals surface area contributed by atoms with Crippen LogP contribution in [0.2, 0.25) is 5.02 Å². The second kappa shape index (κ2) is 6.86. The highest BCUT2D eigenvalue weighted by molar-refractivity contribution is 7.92. The molecule has 0 atom stereocenters. The Bertz CT molecular complexity index is 935. The Kier molecular flexibility index (Phi) is 4.64. The molecule has 0 saturated heterocycles. The van der Waals surface area contributed by atoms with Crippen molar-refractivity contribution in [3.63, 3.8) is 0 Å². The molecule has 0 amide bonds. The molecule has 1 N–H and O–H groups in total. The number of halogens is 1. The first-order valence-electron chi connectivity index (χ1n) is 6.87. The summed E-state index contributed by atoms with van der Waals surface area (Å²) in [6, 6.07) is 14.4. The van der Waals surface area contributed by atoms with Crippen molar-refractivity contribution in [2.75, 3.05) is 4.72 Å². The van der Waals surface area contributed by atoms with E-state index in [0.29, 0.717) is 11.4 Å². The van der Waals surface area contributed by atoms with Crippen LogP contribution >= 0.6 is 11.6 Å². The number of sulfonamides is 1. The highest BCUT2D eigenvalue weighted by Gasteiger charge is 2.14. The third kappa shape index (κ3) is 3.81. The molecule has 0 spiro atoms. The van der Waals surface area contributed by atoms with Gasteiger partial charge in [0, 0.05) is 12.4 Å². The van der Waals surface area contributed by atoms with E-state index in [1.807, 2.05) is 0 Å². The minimum Gasteiger partial charge on any atom is -0.423 e. The van der Waals surface area contributed by atoms with Gasteiger partial charge in [-0.1, -0.05) is 29.8 Å². The van der Waals surface area contributed by atoms with E-state index in [0.717, 1.165) is 0 Å². The van der Waals surface area contributed by atoms with Gasteiger partial charge in [-0.3, -0.25) is 4.72 Å². The molecule has 0 unspecified atom stereocenters. The van der Waals surface area contributed by atoms with Gasteiger partial charge in [0.05, 0.1) is 15.6 Å². The van der Waals surface area contributed by atoms with Crippen LogP contribution in [0.15, 0.2) is 71.9 Å². The largest absolute Gasteiger partial charge is 0.423 e. The van der Waals surface area contributed by atoms with Crippen LogP contribution in [0.4, 0.5) is 5.69 Å². The van der Waals surface area contributed by atoms with Crippen molar-refractivity contribution in [1.82, 2.24) is 9.97 Å². The summed E-state index contributed by atoms with van der Waals surface area (Å²) in [5.74, 6) is 0.325. The molecule has 0 radical (unpaired) electrons. The van der Waals surface area contributed by atoms with Crippen LogP contribution in [-0.4, -0.2) is 18.4 Å². The van der Waals surface area contributed by atoms with E-state index in [2.05, 4.69) is 14.7 Å². The molecule has 2 aromatic carbocycles. The molecular formula is C16H12ClN3O3S. The summed E-state index contributed by atoms with van der Waals surface area (Å²) >= 11 is 6.14. The van der Waals surface area contributed by atoms with Gasteiger partial charge >= 0.3 is 6.01 Å². The normalized spacial score (nSPS) is 11.0. The second-order valence-corrected chi connectivity index (χ2v) is 6.79. The van der Waals surface area contributed by atoms with Crippen molar-refractivity contribution in [3.8, 4) is 11.8 Å². The van der Waals surface area contributed by atoms with Crippen molar-refractivity contribution >= 4 is 27.3 Å². The number of benzene rings is 2. The van der Waals surface area contributed by atoms with Gasteiger partial charge in [0.1, 0.15) is 5.75 Å². The zero-order valence-electron chi connectivity index (χ0n) is 12.3. The van der Waals surface area contributed by atoms with Gasteiger partial charge in [0.25, 0.3) is 10.0 Å². The highest BCUT2D eigenvalue weighted by Crippen LogP contribution is 2.31. The lowest BCUT2D eigenvalue weighted by Crippen LogP contribution is -2.12. The number of hydrogen-bond donors (Lipinski definition) is 1. The molecule has 1 heterocycles. The molecule has 0 bridgehead atoms. The van der Waals surface area contributed by atoms with Crippen LogP contribution in [0.5, 0.6) is 11.8 Å². The average molecular weight is 362 g/mol. The predicted octanol–water partition coefficient (Wildman–Crippen LogP) is 3.72. The number of hydrogen-bond acceptors (Lipinski definition) is 5. The van der Waals surface area contributed by atoms with Crippen LogP contribution in [0.3, 0.4) is 0 Å². The Morgan fingerprint density at radius 2 is 1.67 bits per heavy atom. The van der Waals surface area contributed by atoms with Gasteiger partial charge in [0.2, 0.25) is 0 Å². The maximum atomic E-state index is 12.3. The molecule has 0 aliphatic rings. The SMILES string of the molecule is O=S(=O)(Nc1ccc(Oc2ncccn2)c(Cl)c1)c1ccccc1. The number of rotatable bonds is 5.